The summed E-state index contributed by atoms with van der Waals surface area (Å²) in [6, 6.07) is 21.4. The van der Waals surface area contributed by atoms with Crippen molar-refractivity contribution in [1.82, 2.24) is 0 Å². The van der Waals surface area contributed by atoms with Crippen LogP contribution in [0.25, 0.3) is 43.1 Å². The largest absolute Gasteiger partial charge is 0.0830 e. The molecular formula is C20H10BrCl. The quantitative estimate of drug-likeness (QED) is 0.202. The molecule has 0 aromatic heterocycles. The molecule has 0 nitrogen and oxygen atoms in total. The number of fused-ring (bicyclic) bond motifs is 2. The van der Waals surface area contributed by atoms with Gasteiger partial charge in [-0.3, -0.25) is 0 Å². The molecule has 0 saturated heterocycles. The molecule has 0 radical (unpaired) electrons. The molecule has 0 aliphatic carbocycles. The molecule has 22 heavy (non-hydrogen) atoms. The molecule has 104 valence electrons. The summed E-state index contributed by atoms with van der Waals surface area (Å²) in [4.78, 5) is 0. The van der Waals surface area contributed by atoms with Crippen LogP contribution in [0, 0.1) is 0 Å². The van der Waals surface area contributed by atoms with Gasteiger partial charge in [-0.15, -0.1) is 0 Å². The van der Waals surface area contributed by atoms with Crippen LogP contribution in [0.5, 0.6) is 0 Å². The highest BCUT2D eigenvalue weighted by Gasteiger charge is 2.15. The Bertz CT molecular complexity index is 1190. The number of benzene rings is 5. The van der Waals surface area contributed by atoms with Crippen molar-refractivity contribution in [2.45, 2.75) is 0 Å². The zero-order valence-electron chi connectivity index (χ0n) is 11.5. The molecule has 5 rings (SSSR count). The van der Waals surface area contributed by atoms with Crippen molar-refractivity contribution in [2.75, 3.05) is 0 Å². The smallest absolute Gasteiger partial charge is 0.0563 e. The number of hydrogen-bond acceptors (Lipinski definition) is 0. The molecular weight excluding hydrogens is 356 g/mol. The first kappa shape index (κ1) is 12.7. The maximum Gasteiger partial charge on any atom is 0.0563 e. The predicted molar refractivity (Wildman–Crippen MR) is 100 cm³/mol. The Morgan fingerprint density at radius 3 is 2.14 bits per heavy atom. The second-order valence-electron chi connectivity index (χ2n) is 5.65. The van der Waals surface area contributed by atoms with Gasteiger partial charge in [0.1, 0.15) is 0 Å². The van der Waals surface area contributed by atoms with Crippen LogP contribution in [0.1, 0.15) is 0 Å². The fourth-order valence-corrected chi connectivity index (χ4v) is 4.36. The summed E-state index contributed by atoms with van der Waals surface area (Å²) in [5.74, 6) is 0. The Kier molecular flexibility index (Phi) is 2.51. The van der Waals surface area contributed by atoms with Crippen molar-refractivity contribution in [3.63, 3.8) is 0 Å². The topological polar surface area (TPSA) is 0 Å². The molecule has 0 N–H and O–H groups in total. The van der Waals surface area contributed by atoms with E-state index in [0.29, 0.717) is 0 Å². The van der Waals surface area contributed by atoms with E-state index < -0.39 is 0 Å². The minimum absolute atomic E-state index is 0.845. The molecule has 0 fully saturated rings. The van der Waals surface area contributed by atoms with E-state index in [4.69, 9.17) is 11.6 Å². The lowest BCUT2D eigenvalue weighted by atomic mass is 9.91. The van der Waals surface area contributed by atoms with Crippen molar-refractivity contribution in [3.8, 4) is 0 Å². The fourth-order valence-electron chi connectivity index (χ4n) is 3.57. The Labute approximate surface area is 140 Å². The third-order valence-electron chi connectivity index (χ3n) is 4.55. The summed E-state index contributed by atoms with van der Waals surface area (Å²) in [5.41, 5.74) is 0. The Balaban J connectivity index is 2.24. The molecule has 0 saturated carbocycles. The van der Waals surface area contributed by atoms with E-state index in [0.717, 1.165) is 20.3 Å². The van der Waals surface area contributed by atoms with Crippen molar-refractivity contribution in [2.24, 2.45) is 0 Å². The third kappa shape index (κ3) is 1.48. The summed E-state index contributed by atoms with van der Waals surface area (Å²) >= 11 is 10.4. The van der Waals surface area contributed by atoms with Gasteiger partial charge in [0, 0.05) is 15.2 Å². The SMILES string of the molecule is Clc1c2ccccc2c2ccc3c(Br)ccc4ccc1c2c43. The van der Waals surface area contributed by atoms with E-state index in [1.807, 2.05) is 6.07 Å². The molecule has 0 aliphatic rings. The molecule has 5 aromatic rings. The fraction of sp³-hybridized carbons (Fsp3) is 0. The molecule has 0 atom stereocenters. The van der Waals surface area contributed by atoms with E-state index in [-0.39, 0.29) is 0 Å². The lowest BCUT2D eigenvalue weighted by molar-refractivity contribution is 1.75. The van der Waals surface area contributed by atoms with Crippen LogP contribution in [-0.4, -0.2) is 0 Å². The van der Waals surface area contributed by atoms with Crippen LogP contribution in [0.2, 0.25) is 5.02 Å². The van der Waals surface area contributed by atoms with Gasteiger partial charge in [-0.2, -0.15) is 0 Å². The van der Waals surface area contributed by atoms with Gasteiger partial charge in [0.15, 0.2) is 0 Å². The number of rotatable bonds is 0. The van der Waals surface area contributed by atoms with E-state index >= 15 is 0 Å². The van der Waals surface area contributed by atoms with E-state index in [1.165, 1.54) is 32.3 Å². The first-order chi connectivity index (χ1) is 10.8. The van der Waals surface area contributed by atoms with Gasteiger partial charge in [-0.1, -0.05) is 82.1 Å². The maximum absolute atomic E-state index is 6.73. The monoisotopic (exact) mass is 364 g/mol. The normalized spacial score (nSPS) is 12.1. The van der Waals surface area contributed by atoms with Crippen molar-refractivity contribution in [3.05, 3.63) is 70.2 Å². The summed E-state index contributed by atoms with van der Waals surface area (Å²) in [5, 5.41) is 10.6. The summed E-state index contributed by atoms with van der Waals surface area (Å²) in [7, 11) is 0. The summed E-state index contributed by atoms with van der Waals surface area (Å²) in [6.45, 7) is 0. The van der Waals surface area contributed by atoms with Gasteiger partial charge in [-0.05, 0) is 38.4 Å². The standard InChI is InChI=1S/C20H10BrCl/c21-17-10-6-11-5-7-16-19-13(8-9-15(17)18(11)19)12-3-1-2-4-14(12)20(16)22/h1-10H. The van der Waals surface area contributed by atoms with E-state index in [9.17, 15) is 0 Å². The Hall–Kier alpha value is -1.83. The van der Waals surface area contributed by atoms with Crippen molar-refractivity contribution in [1.29, 1.82) is 0 Å². The summed E-state index contributed by atoms with van der Waals surface area (Å²) in [6.07, 6.45) is 0. The zero-order chi connectivity index (χ0) is 14.8. The molecule has 5 aromatic carbocycles. The molecule has 0 heterocycles. The molecule has 0 amide bonds. The van der Waals surface area contributed by atoms with Crippen LogP contribution in [0.4, 0.5) is 0 Å². The van der Waals surface area contributed by atoms with Gasteiger partial charge >= 0.3 is 0 Å². The Morgan fingerprint density at radius 1 is 0.591 bits per heavy atom. The van der Waals surface area contributed by atoms with Crippen LogP contribution in [0.3, 0.4) is 0 Å². The highest BCUT2D eigenvalue weighted by molar-refractivity contribution is 9.10. The minimum atomic E-state index is 0.845. The van der Waals surface area contributed by atoms with Crippen molar-refractivity contribution < 1.29 is 0 Å². The van der Waals surface area contributed by atoms with Crippen LogP contribution in [-0.2, 0) is 0 Å². The molecule has 2 heteroatoms. The lowest BCUT2D eigenvalue weighted by Crippen LogP contribution is -1.87. The van der Waals surface area contributed by atoms with Gasteiger partial charge in [0.2, 0.25) is 0 Å². The molecule has 0 bridgehead atoms. The number of hydrogen-bond donors (Lipinski definition) is 0. The highest BCUT2D eigenvalue weighted by atomic mass is 79.9. The first-order valence-corrected chi connectivity index (χ1v) is 8.36. The van der Waals surface area contributed by atoms with Gasteiger partial charge in [-0.25, -0.2) is 0 Å². The van der Waals surface area contributed by atoms with Crippen LogP contribution < -0.4 is 0 Å². The first-order valence-electron chi connectivity index (χ1n) is 7.19. The number of halogens is 2. The predicted octanol–water partition coefficient (Wildman–Crippen LogP) is 7.15. The minimum Gasteiger partial charge on any atom is -0.0830 e. The van der Waals surface area contributed by atoms with Crippen LogP contribution in [0.15, 0.2) is 65.1 Å². The second-order valence-corrected chi connectivity index (χ2v) is 6.89. The van der Waals surface area contributed by atoms with Crippen LogP contribution >= 0.6 is 27.5 Å². The van der Waals surface area contributed by atoms with Crippen molar-refractivity contribution >= 4 is 70.6 Å². The average Bonchev–Trinajstić information content (AvgIpc) is 2.57. The zero-order valence-corrected chi connectivity index (χ0v) is 13.9. The van der Waals surface area contributed by atoms with E-state index in [1.54, 1.807) is 0 Å². The second kappa shape index (κ2) is 4.34. The Morgan fingerprint density at radius 2 is 1.27 bits per heavy atom. The van der Waals surface area contributed by atoms with Gasteiger partial charge in [0.25, 0.3) is 0 Å². The lowest BCUT2D eigenvalue weighted by Gasteiger charge is -2.15. The summed E-state index contributed by atoms with van der Waals surface area (Å²) < 4.78 is 1.12. The highest BCUT2D eigenvalue weighted by Crippen LogP contribution is 2.43. The molecule has 0 spiro atoms. The van der Waals surface area contributed by atoms with Gasteiger partial charge in [0.05, 0.1) is 5.02 Å². The molecule has 0 unspecified atom stereocenters. The van der Waals surface area contributed by atoms with E-state index in [2.05, 4.69) is 70.5 Å². The molecule has 0 aliphatic heterocycles. The van der Waals surface area contributed by atoms with Gasteiger partial charge < -0.3 is 0 Å². The maximum atomic E-state index is 6.73. The average molecular weight is 366 g/mol. The third-order valence-corrected chi connectivity index (χ3v) is 5.65.